The van der Waals surface area contributed by atoms with Crippen molar-refractivity contribution in [1.29, 1.82) is 0 Å². The lowest BCUT2D eigenvalue weighted by molar-refractivity contribution is -0.126. The number of amides is 2. The third kappa shape index (κ3) is 2.34. The Balaban J connectivity index is 2.00. The number of nitrogens with one attached hydrogen (secondary N) is 1. The van der Waals surface area contributed by atoms with Crippen molar-refractivity contribution >= 4 is 11.8 Å². The molecule has 2 amide bonds. The Morgan fingerprint density at radius 3 is 2.71 bits per heavy atom. The molecule has 0 radical (unpaired) electrons. The van der Waals surface area contributed by atoms with Gasteiger partial charge in [-0.1, -0.05) is 6.58 Å². The number of carbonyl (C=O) groups is 2. The Labute approximate surface area is 101 Å². The maximum atomic E-state index is 11.5. The predicted molar refractivity (Wildman–Crippen MR) is 64.1 cm³/mol. The van der Waals surface area contributed by atoms with Crippen LogP contribution in [0.4, 0.5) is 0 Å². The van der Waals surface area contributed by atoms with Crippen LogP contribution in [-0.4, -0.2) is 54.3 Å². The number of hydrogen-bond acceptors (Lipinski definition) is 3. The summed E-state index contributed by atoms with van der Waals surface area (Å²) >= 11 is 0. The third-order valence-corrected chi connectivity index (χ3v) is 3.74. The van der Waals surface area contributed by atoms with E-state index in [2.05, 4.69) is 16.8 Å². The van der Waals surface area contributed by atoms with E-state index < -0.39 is 0 Å². The molecule has 5 heteroatoms. The van der Waals surface area contributed by atoms with Gasteiger partial charge in [-0.15, -0.1) is 0 Å². The number of nitrogens with zero attached hydrogens (tertiary/aromatic N) is 2. The van der Waals surface area contributed by atoms with E-state index in [-0.39, 0.29) is 23.9 Å². The first-order chi connectivity index (χ1) is 7.99. The quantitative estimate of drug-likeness (QED) is 0.732. The Kier molecular flexibility index (Phi) is 3.19. The number of rotatable bonds is 2. The largest absolute Gasteiger partial charge is 0.344 e. The molecule has 2 unspecified atom stereocenters. The zero-order chi connectivity index (χ0) is 12.6. The molecule has 0 aliphatic carbocycles. The minimum absolute atomic E-state index is 0.0410. The summed E-state index contributed by atoms with van der Waals surface area (Å²) in [6.07, 6.45) is 1.88. The van der Waals surface area contributed by atoms with Crippen LogP contribution in [0.3, 0.4) is 0 Å². The molecule has 94 valence electrons. The van der Waals surface area contributed by atoms with Gasteiger partial charge in [0.1, 0.15) is 0 Å². The summed E-state index contributed by atoms with van der Waals surface area (Å²) in [5.74, 6) is 0.228. The molecule has 0 bridgehead atoms. The van der Waals surface area contributed by atoms with Crippen molar-refractivity contribution in [1.82, 2.24) is 15.1 Å². The van der Waals surface area contributed by atoms with Gasteiger partial charge in [0.2, 0.25) is 11.8 Å². The number of hydrogen-bond donors (Lipinski definition) is 1. The highest BCUT2D eigenvalue weighted by Gasteiger charge is 2.35. The SMILES string of the molecule is C=C1NC(=O)CCC1N(C)C1CC(=O)N(C)C1. The normalized spacial score (nSPS) is 30.1. The lowest BCUT2D eigenvalue weighted by atomic mass is 10.0. The standard InChI is InChI=1S/C12H19N3O2/c1-8-10(4-5-11(16)13-8)15(3)9-6-12(17)14(2)7-9/h9-10H,1,4-7H2,2-3H3,(H,13,16). The van der Waals surface area contributed by atoms with Crippen LogP contribution in [0.5, 0.6) is 0 Å². The van der Waals surface area contributed by atoms with E-state index in [9.17, 15) is 9.59 Å². The van der Waals surface area contributed by atoms with Crippen molar-refractivity contribution in [2.75, 3.05) is 20.6 Å². The van der Waals surface area contributed by atoms with E-state index in [4.69, 9.17) is 0 Å². The van der Waals surface area contributed by atoms with Gasteiger partial charge in [-0.05, 0) is 13.5 Å². The predicted octanol–water partition coefficient (Wildman–Crippen LogP) is -0.0588. The number of likely N-dealkylation sites (tertiary alicyclic amines) is 1. The summed E-state index contributed by atoms with van der Waals surface area (Å²) in [6.45, 7) is 4.66. The van der Waals surface area contributed by atoms with Gasteiger partial charge in [-0.3, -0.25) is 14.5 Å². The molecule has 0 aromatic heterocycles. The van der Waals surface area contributed by atoms with Gasteiger partial charge in [-0.2, -0.15) is 0 Å². The number of likely N-dealkylation sites (N-methyl/N-ethyl adjacent to an activating group) is 2. The van der Waals surface area contributed by atoms with E-state index in [0.717, 1.165) is 18.7 Å². The first-order valence-electron chi connectivity index (χ1n) is 5.93. The van der Waals surface area contributed by atoms with E-state index in [1.54, 1.807) is 4.90 Å². The van der Waals surface area contributed by atoms with Crippen molar-refractivity contribution < 1.29 is 9.59 Å². The molecular formula is C12H19N3O2. The molecular weight excluding hydrogens is 218 g/mol. The Morgan fingerprint density at radius 1 is 1.47 bits per heavy atom. The molecule has 2 saturated heterocycles. The van der Waals surface area contributed by atoms with Crippen LogP contribution in [0.15, 0.2) is 12.3 Å². The van der Waals surface area contributed by atoms with Crippen molar-refractivity contribution in [3.8, 4) is 0 Å². The summed E-state index contributed by atoms with van der Waals surface area (Å²) in [4.78, 5) is 26.7. The lowest BCUT2D eigenvalue weighted by Gasteiger charge is -2.36. The summed E-state index contributed by atoms with van der Waals surface area (Å²) in [5.41, 5.74) is 0.755. The smallest absolute Gasteiger partial charge is 0.224 e. The molecule has 0 aromatic carbocycles. The fourth-order valence-electron chi connectivity index (χ4n) is 2.58. The molecule has 2 aliphatic rings. The first-order valence-corrected chi connectivity index (χ1v) is 5.93. The van der Waals surface area contributed by atoms with Crippen LogP contribution in [0.2, 0.25) is 0 Å². The number of carbonyl (C=O) groups excluding carboxylic acids is 2. The Morgan fingerprint density at radius 2 is 2.18 bits per heavy atom. The molecule has 2 fully saturated rings. The molecule has 2 rings (SSSR count). The number of piperidine rings is 1. The summed E-state index contributed by atoms with van der Waals surface area (Å²) in [5, 5.41) is 2.78. The van der Waals surface area contributed by atoms with Crippen molar-refractivity contribution in [2.24, 2.45) is 0 Å². The zero-order valence-electron chi connectivity index (χ0n) is 10.4. The highest BCUT2D eigenvalue weighted by molar-refractivity contribution is 5.80. The zero-order valence-corrected chi connectivity index (χ0v) is 10.4. The van der Waals surface area contributed by atoms with E-state index >= 15 is 0 Å². The summed E-state index contributed by atoms with van der Waals surface area (Å²) in [7, 11) is 3.83. The maximum absolute atomic E-state index is 11.5. The highest BCUT2D eigenvalue weighted by Crippen LogP contribution is 2.23. The molecule has 0 spiro atoms. The molecule has 1 N–H and O–H groups in total. The van der Waals surface area contributed by atoms with Crippen molar-refractivity contribution in [3.05, 3.63) is 12.3 Å². The minimum Gasteiger partial charge on any atom is -0.344 e. The van der Waals surface area contributed by atoms with Crippen LogP contribution >= 0.6 is 0 Å². The van der Waals surface area contributed by atoms with Gasteiger partial charge in [0.15, 0.2) is 0 Å². The Hall–Kier alpha value is -1.36. The van der Waals surface area contributed by atoms with Crippen LogP contribution < -0.4 is 5.32 Å². The molecule has 5 nitrogen and oxygen atoms in total. The van der Waals surface area contributed by atoms with Crippen LogP contribution in [0.1, 0.15) is 19.3 Å². The average Bonchev–Trinajstić information content (AvgIpc) is 2.58. The monoisotopic (exact) mass is 237 g/mol. The van der Waals surface area contributed by atoms with Crippen LogP contribution in [0, 0.1) is 0 Å². The molecule has 0 aromatic rings. The minimum atomic E-state index is 0.0410. The molecule has 17 heavy (non-hydrogen) atoms. The topological polar surface area (TPSA) is 52.7 Å². The van der Waals surface area contributed by atoms with Crippen molar-refractivity contribution in [2.45, 2.75) is 31.3 Å². The van der Waals surface area contributed by atoms with Crippen molar-refractivity contribution in [3.63, 3.8) is 0 Å². The van der Waals surface area contributed by atoms with Gasteiger partial charge in [0, 0.05) is 44.2 Å². The first kappa shape index (κ1) is 12.1. The second-order valence-corrected chi connectivity index (χ2v) is 4.93. The molecule has 2 aliphatic heterocycles. The lowest BCUT2D eigenvalue weighted by Crippen LogP contribution is -2.48. The van der Waals surface area contributed by atoms with Gasteiger partial charge >= 0.3 is 0 Å². The third-order valence-electron chi connectivity index (χ3n) is 3.74. The fraction of sp³-hybridized carbons (Fsp3) is 0.667. The molecule has 2 atom stereocenters. The van der Waals surface area contributed by atoms with E-state index in [1.165, 1.54) is 0 Å². The van der Waals surface area contributed by atoms with Gasteiger partial charge in [0.05, 0.1) is 0 Å². The Bertz CT molecular complexity index is 367. The molecule has 0 saturated carbocycles. The fourth-order valence-corrected chi connectivity index (χ4v) is 2.58. The second-order valence-electron chi connectivity index (χ2n) is 4.93. The van der Waals surface area contributed by atoms with E-state index in [0.29, 0.717) is 12.8 Å². The maximum Gasteiger partial charge on any atom is 0.224 e. The average molecular weight is 237 g/mol. The summed E-state index contributed by atoms with van der Waals surface area (Å²) in [6, 6.07) is 0.376. The van der Waals surface area contributed by atoms with Crippen LogP contribution in [0.25, 0.3) is 0 Å². The summed E-state index contributed by atoms with van der Waals surface area (Å²) < 4.78 is 0. The van der Waals surface area contributed by atoms with Gasteiger partial charge < -0.3 is 10.2 Å². The highest BCUT2D eigenvalue weighted by atomic mass is 16.2. The van der Waals surface area contributed by atoms with E-state index in [1.807, 2.05) is 14.1 Å². The van der Waals surface area contributed by atoms with Crippen LogP contribution in [-0.2, 0) is 9.59 Å². The van der Waals surface area contributed by atoms with Gasteiger partial charge in [0.25, 0.3) is 0 Å². The molecule has 2 heterocycles. The second kappa shape index (κ2) is 4.49. The van der Waals surface area contributed by atoms with Gasteiger partial charge in [-0.25, -0.2) is 0 Å².